The molecule has 0 bridgehead atoms. The van der Waals surface area contributed by atoms with E-state index >= 15 is 0 Å². The van der Waals surface area contributed by atoms with Crippen molar-refractivity contribution in [2.75, 3.05) is 7.05 Å². The highest BCUT2D eigenvalue weighted by atomic mass is 79.9. The number of halogens is 2. The maximum Gasteiger partial charge on any atom is 0.0409 e. The number of nitrogens with zero attached hydrogens (tertiary/aromatic N) is 1. The number of hydrogen-bond acceptors (Lipinski definition) is 2. The predicted molar refractivity (Wildman–Crippen MR) is 83.4 cm³/mol. The molecular formula is C14H15BrClNS. The van der Waals surface area contributed by atoms with E-state index in [1.165, 1.54) is 10.4 Å². The van der Waals surface area contributed by atoms with Crippen LogP contribution < -0.4 is 0 Å². The van der Waals surface area contributed by atoms with E-state index in [0.717, 1.165) is 16.0 Å². The molecule has 0 N–H and O–H groups in total. The molecular weight excluding hydrogens is 330 g/mol. The Hall–Kier alpha value is -0.350. The largest absolute Gasteiger partial charge is 0.295 e. The summed E-state index contributed by atoms with van der Waals surface area (Å²) in [6.45, 7) is 3.15. The molecule has 0 aliphatic heterocycles. The summed E-state index contributed by atoms with van der Waals surface area (Å²) in [5, 5.41) is 2.92. The van der Waals surface area contributed by atoms with Crippen molar-refractivity contribution < 1.29 is 0 Å². The van der Waals surface area contributed by atoms with Crippen LogP contribution in [0.2, 0.25) is 5.02 Å². The Morgan fingerprint density at radius 1 is 1.39 bits per heavy atom. The first-order valence-electron chi connectivity index (χ1n) is 5.75. The van der Waals surface area contributed by atoms with Gasteiger partial charge in [-0.2, -0.15) is 0 Å². The van der Waals surface area contributed by atoms with Crippen LogP contribution in [-0.4, -0.2) is 11.9 Å². The highest BCUT2D eigenvalue weighted by Gasteiger charge is 2.13. The summed E-state index contributed by atoms with van der Waals surface area (Å²) >= 11 is 11.3. The van der Waals surface area contributed by atoms with E-state index in [0.29, 0.717) is 6.04 Å². The third kappa shape index (κ3) is 3.58. The molecule has 2 rings (SSSR count). The summed E-state index contributed by atoms with van der Waals surface area (Å²) in [4.78, 5) is 3.68. The lowest BCUT2D eigenvalue weighted by Crippen LogP contribution is -2.21. The van der Waals surface area contributed by atoms with E-state index in [2.05, 4.69) is 52.3 Å². The van der Waals surface area contributed by atoms with Crippen LogP contribution in [0.3, 0.4) is 0 Å². The lowest BCUT2D eigenvalue weighted by Gasteiger charge is -2.24. The molecule has 1 aromatic heterocycles. The lowest BCUT2D eigenvalue weighted by atomic mass is 10.1. The Labute approximate surface area is 126 Å². The zero-order valence-electron chi connectivity index (χ0n) is 10.4. The van der Waals surface area contributed by atoms with E-state index < -0.39 is 0 Å². The molecule has 96 valence electrons. The fraction of sp³-hybridized carbons (Fsp3) is 0.286. The van der Waals surface area contributed by atoms with Gasteiger partial charge in [-0.05, 0) is 53.7 Å². The molecule has 0 aliphatic rings. The predicted octanol–water partition coefficient (Wildman–Crippen LogP) is 5.36. The topological polar surface area (TPSA) is 3.24 Å². The molecule has 18 heavy (non-hydrogen) atoms. The molecule has 1 aromatic carbocycles. The molecule has 0 amide bonds. The van der Waals surface area contributed by atoms with Gasteiger partial charge >= 0.3 is 0 Å². The molecule has 4 heteroatoms. The van der Waals surface area contributed by atoms with Crippen LogP contribution in [0.4, 0.5) is 0 Å². The molecule has 1 heterocycles. The zero-order chi connectivity index (χ0) is 13.1. The molecule has 0 fully saturated rings. The van der Waals surface area contributed by atoms with Gasteiger partial charge < -0.3 is 0 Å². The Bertz CT molecular complexity index is 526. The van der Waals surface area contributed by atoms with E-state index in [-0.39, 0.29) is 0 Å². The quantitative estimate of drug-likeness (QED) is 0.722. The average molecular weight is 345 g/mol. The highest BCUT2D eigenvalue weighted by Crippen LogP contribution is 2.26. The molecule has 1 unspecified atom stereocenters. The van der Waals surface area contributed by atoms with Crippen LogP contribution in [0, 0.1) is 0 Å². The Morgan fingerprint density at radius 3 is 2.78 bits per heavy atom. The number of rotatable bonds is 4. The highest BCUT2D eigenvalue weighted by molar-refractivity contribution is 9.10. The third-order valence-corrected chi connectivity index (χ3v) is 4.94. The van der Waals surface area contributed by atoms with Gasteiger partial charge in [0.15, 0.2) is 0 Å². The second-order valence-electron chi connectivity index (χ2n) is 4.38. The Morgan fingerprint density at radius 2 is 2.17 bits per heavy atom. The first kappa shape index (κ1) is 14.1. The maximum atomic E-state index is 6.03. The number of hydrogen-bond donors (Lipinski definition) is 0. The Balaban J connectivity index is 2.06. The summed E-state index contributed by atoms with van der Waals surface area (Å²) in [7, 11) is 2.14. The molecule has 0 saturated heterocycles. The summed E-state index contributed by atoms with van der Waals surface area (Å²) in [6.07, 6.45) is 0. The second kappa shape index (κ2) is 6.20. The summed E-state index contributed by atoms with van der Waals surface area (Å²) < 4.78 is 1.16. The standard InChI is InChI=1S/C14H15BrClNS/c1-10(11-4-3-5-13(16)6-11)17(2)8-14-7-12(15)9-18-14/h3-7,9-10H,8H2,1-2H3. The molecule has 0 spiro atoms. The van der Waals surface area contributed by atoms with Gasteiger partial charge in [0.25, 0.3) is 0 Å². The van der Waals surface area contributed by atoms with Gasteiger partial charge in [0, 0.05) is 32.3 Å². The van der Waals surface area contributed by atoms with Gasteiger partial charge in [-0.3, -0.25) is 4.90 Å². The van der Waals surface area contributed by atoms with Gasteiger partial charge in [-0.25, -0.2) is 0 Å². The lowest BCUT2D eigenvalue weighted by molar-refractivity contribution is 0.255. The van der Waals surface area contributed by atoms with Gasteiger partial charge in [0.2, 0.25) is 0 Å². The molecule has 0 radical (unpaired) electrons. The maximum absolute atomic E-state index is 6.03. The van der Waals surface area contributed by atoms with Crippen molar-refractivity contribution in [3.8, 4) is 0 Å². The van der Waals surface area contributed by atoms with Crippen molar-refractivity contribution in [3.05, 3.63) is 55.6 Å². The van der Waals surface area contributed by atoms with Crippen molar-refractivity contribution in [3.63, 3.8) is 0 Å². The first-order valence-corrected chi connectivity index (χ1v) is 7.80. The van der Waals surface area contributed by atoms with Gasteiger partial charge in [0.1, 0.15) is 0 Å². The molecule has 1 atom stereocenters. The van der Waals surface area contributed by atoms with Crippen LogP contribution in [0.15, 0.2) is 40.2 Å². The van der Waals surface area contributed by atoms with Crippen LogP contribution in [-0.2, 0) is 6.54 Å². The van der Waals surface area contributed by atoms with Crippen molar-refractivity contribution >= 4 is 38.9 Å². The number of benzene rings is 1. The van der Waals surface area contributed by atoms with Crippen molar-refractivity contribution in [2.45, 2.75) is 19.5 Å². The first-order chi connectivity index (χ1) is 8.56. The molecule has 0 saturated carbocycles. The van der Waals surface area contributed by atoms with Crippen LogP contribution in [0.25, 0.3) is 0 Å². The average Bonchev–Trinajstić information content (AvgIpc) is 2.73. The third-order valence-electron chi connectivity index (χ3n) is 3.02. The van der Waals surface area contributed by atoms with Gasteiger partial charge in [-0.1, -0.05) is 23.7 Å². The van der Waals surface area contributed by atoms with Gasteiger partial charge in [0.05, 0.1) is 0 Å². The smallest absolute Gasteiger partial charge is 0.0409 e. The van der Waals surface area contributed by atoms with Crippen LogP contribution in [0.5, 0.6) is 0 Å². The minimum atomic E-state index is 0.351. The normalized spacial score (nSPS) is 12.9. The van der Waals surface area contributed by atoms with Crippen LogP contribution >= 0.6 is 38.9 Å². The zero-order valence-corrected chi connectivity index (χ0v) is 13.5. The monoisotopic (exact) mass is 343 g/mol. The van der Waals surface area contributed by atoms with E-state index in [1.807, 2.05) is 18.2 Å². The molecule has 2 aromatic rings. The minimum Gasteiger partial charge on any atom is -0.295 e. The van der Waals surface area contributed by atoms with Crippen molar-refractivity contribution in [2.24, 2.45) is 0 Å². The minimum absolute atomic E-state index is 0.351. The van der Waals surface area contributed by atoms with E-state index in [1.54, 1.807) is 11.3 Å². The van der Waals surface area contributed by atoms with Crippen LogP contribution in [0.1, 0.15) is 23.4 Å². The van der Waals surface area contributed by atoms with E-state index in [9.17, 15) is 0 Å². The van der Waals surface area contributed by atoms with E-state index in [4.69, 9.17) is 11.6 Å². The van der Waals surface area contributed by atoms with Gasteiger partial charge in [-0.15, -0.1) is 11.3 Å². The summed E-state index contributed by atoms with van der Waals surface area (Å²) in [6, 6.07) is 10.6. The fourth-order valence-corrected chi connectivity index (χ4v) is 3.55. The van der Waals surface area contributed by atoms with Crippen molar-refractivity contribution in [1.29, 1.82) is 0 Å². The molecule has 1 nitrogen and oxygen atoms in total. The SMILES string of the molecule is CC(c1cccc(Cl)c1)N(C)Cc1cc(Br)cs1. The summed E-state index contributed by atoms with van der Waals surface area (Å²) in [5.41, 5.74) is 1.25. The Kier molecular flexibility index (Phi) is 4.84. The summed E-state index contributed by atoms with van der Waals surface area (Å²) in [5.74, 6) is 0. The van der Waals surface area contributed by atoms with Crippen molar-refractivity contribution in [1.82, 2.24) is 4.90 Å². The second-order valence-corrected chi connectivity index (χ2v) is 6.73. The number of thiophene rings is 1. The fourth-order valence-electron chi connectivity index (χ4n) is 1.84. The molecule has 0 aliphatic carbocycles.